The molecule has 0 saturated carbocycles. The van der Waals surface area contributed by atoms with Crippen LogP contribution in [0.1, 0.15) is 25.8 Å². The molecular weight excluding hydrogens is 236 g/mol. The summed E-state index contributed by atoms with van der Waals surface area (Å²) < 4.78 is 0. The molecule has 1 heterocycles. The highest BCUT2D eigenvalue weighted by Crippen LogP contribution is 2.11. The molecule has 1 aromatic carbocycles. The molecule has 0 radical (unpaired) electrons. The first-order chi connectivity index (χ1) is 9.33. The molecule has 2 rings (SSSR count). The van der Waals surface area contributed by atoms with Gasteiger partial charge < -0.3 is 15.2 Å². The van der Waals surface area contributed by atoms with Crippen molar-refractivity contribution < 1.29 is 0 Å². The van der Waals surface area contributed by atoms with E-state index in [9.17, 15) is 0 Å². The average molecular weight is 260 g/mol. The van der Waals surface area contributed by atoms with Crippen molar-refractivity contribution in [2.24, 2.45) is 0 Å². The number of aromatic nitrogens is 2. The van der Waals surface area contributed by atoms with Crippen molar-refractivity contribution in [1.29, 1.82) is 0 Å². The molecule has 19 heavy (non-hydrogen) atoms. The van der Waals surface area contributed by atoms with Crippen molar-refractivity contribution in [3.63, 3.8) is 0 Å². The summed E-state index contributed by atoms with van der Waals surface area (Å²) in [7, 11) is 0. The van der Waals surface area contributed by atoms with Gasteiger partial charge in [-0.1, -0.05) is 19.9 Å². The van der Waals surface area contributed by atoms with Gasteiger partial charge in [0.2, 0.25) is 0 Å². The van der Waals surface area contributed by atoms with Gasteiger partial charge in [0.25, 0.3) is 0 Å². The molecule has 2 aromatic rings. The van der Waals surface area contributed by atoms with Gasteiger partial charge >= 0.3 is 0 Å². The minimum atomic E-state index is 0.924. The van der Waals surface area contributed by atoms with Crippen LogP contribution in [0.2, 0.25) is 0 Å². The molecule has 4 nitrogen and oxygen atoms in total. The minimum absolute atomic E-state index is 0.924. The summed E-state index contributed by atoms with van der Waals surface area (Å²) in [5.74, 6) is 0. The number of benzene rings is 1. The fourth-order valence-electron chi connectivity index (χ4n) is 2.29. The number of rotatable bonds is 8. The van der Waals surface area contributed by atoms with Crippen LogP contribution in [0.4, 0.5) is 0 Å². The van der Waals surface area contributed by atoms with Gasteiger partial charge in [-0.25, -0.2) is 4.98 Å². The van der Waals surface area contributed by atoms with Gasteiger partial charge in [0.15, 0.2) is 0 Å². The number of nitrogens with one attached hydrogen (secondary N) is 2. The third kappa shape index (κ3) is 4.04. The summed E-state index contributed by atoms with van der Waals surface area (Å²) in [5.41, 5.74) is 3.45. The van der Waals surface area contributed by atoms with E-state index < -0.39 is 0 Å². The van der Waals surface area contributed by atoms with Crippen molar-refractivity contribution in [2.75, 3.05) is 26.2 Å². The maximum absolute atomic E-state index is 4.23. The molecule has 0 aliphatic rings. The number of fused-ring (bicyclic) bond motifs is 1. The Bertz CT molecular complexity index is 488. The van der Waals surface area contributed by atoms with Gasteiger partial charge in [0, 0.05) is 6.54 Å². The van der Waals surface area contributed by atoms with Crippen LogP contribution in [-0.2, 0) is 6.54 Å². The summed E-state index contributed by atoms with van der Waals surface area (Å²) in [6.45, 7) is 9.90. The molecule has 0 unspecified atom stereocenters. The molecule has 0 bridgehead atoms. The summed E-state index contributed by atoms with van der Waals surface area (Å²) in [6.07, 6.45) is 2.94. The SMILES string of the molecule is CCN(CC)CCCNCc1ccc2nc[nH]c2c1. The Morgan fingerprint density at radius 2 is 2.11 bits per heavy atom. The molecule has 1 aromatic heterocycles. The van der Waals surface area contributed by atoms with Gasteiger partial charge in [0.1, 0.15) is 0 Å². The van der Waals surface area contributed by atoms with E-state index in [4.69, 9.17) is 0 Å². The zero-order valence-corrected chi connectivity index (χ0v) is 11.9. The van der Waals surface area contributed by atoms with Crippen LogP contribution < -0.4 is 5.32 Å². The lowest BCUT2D eigenvalue weighted by Crippen LogP contribution is -2.27. The zero-order chi connectivity index (χ0) is 13.5. The molecule has 0 fully saturated rings. The van der Waals surface area contributed by atoms with Crippen molar-refractivity contribution in [1.82, 2.24) is 20.2 Å². The van der Waals surface area contributed by atoms with E-state index >= 15 is 0 Å². The molecule has 0 aliphatic heterocycles. The van der Waals surface area contributed by atoms with Gasteiger partial charge in [-0.3, -0.25) is 0 Å². The van der Waals surface area contributed by atoms with Crippen LogP contribution >= 0.6 is 0 Å². The van der Waals surface area contributed by atoms with Gasteiger partial charge in [0.05, 0.1) is 17.4 Å². The second-order valence-corrected chi connectivity index (χ2v) is 4.81. The maximum atomic E-state index is 4.23. The quantitative estimate of drug-likeness (QED) is 0.716. The Morgan fingerprint density at radius 1 is 1.26 bits per heavy atom. The van der Waals surface area contributed by atoms with Crippen LogP contribution in [0, 0.1) is 0 Å². The Balaban J connectivity index is 1.70. The minimum Gasteiger partial charge on any atom is -0.345 e. The van der Waals surface area contributed by atoms with Crippen LogP contribution in [0.15, 0.2) is 24.5 Å². The summed E-state index contributed by atoms with van der Waals surface area (Å²) >= 11 is 0. The molecule has 0 amide bonds. The normalized spacial score (nSPS) is 11.5. The van der Waals surface area contributed by atoms with E-state index in [2.05, 4.69) is 52.2 Å². The number of hydrogen-bond donors (Lipinski definition) is 2. The summed E-state index contributed by atoms with van der Waals surface area (Å²) in [6, 6.07) is 6.37. The first-order valence-corrected chi connectivity index (χ1v) is 7.18. The Kier molecular flexibility index (Phi) is 5.36. The van der Waals surface area contributed by atoms with E-state index in [1.165, 1.54) is 18.5 Å². The number of nitrogens with zero attached hydrogens (tertiary/aromatic N) is 2. The van der Waals surface area contributed by atoms with Crippen molar-refractivity contribution in [3.05, 3.63) is 30.1 Å². The number of H-pyrrole nitrogens is 1. The number of imidazole rings is 1. The standard InChI is InChI=1S/C15H24N4/c1-3-19(4-2)9-5-8-16-11-13-6-7-14-15(10-13)18-12-17-14/h6-7,10,12,16H,3-5,8-9,11H2,1-2H3,(H,17,18). The third-order valence-corrected chi connectivity index (χ3v) is 3.54. The predicted octanol–water partition coefficient (Wildman–Crippen LogP) is 2.38. The number of hydrogen-bond acceptors (Lipinski definition) is 3. The molecular formula is C15H24N4. The van der Waals surface area contributed by atoms with E-state index in [-0.39, 0.29) is 0 Å². The fourth-order valence-corrected chi connectivity index (χ4v) is 2.29. The molecule has 0 atom stereocenters. The summed E-state index contributed by atoms with van der Waals surface area (Å²) in [4.78, 5) is 9.83. The lowest BCUT2D eigenvalue weighted by atomic mass is 10.2. The molecule has 104 valence electrons. The third-order valence-electron chi connectivity index (χ3n) is 3.54. The Morgan fingerprint density at radius 3 is 2.89 bits per heavy atom. The highest BCUT2D eigenvalue weighted by atomic mass is 15.1. The zero-order valence-electron chi connectivity index (χ0n) is 11.9. The number of aromatic amines is 1. The van der Waals surface area contributed by atoms with Crippen molar-refractivity contribution in [2.45, 2.75) is 26.8 Å². The van der Waals surface area contributed by atoms with E-state index in [1.54, 1.807) is 6.33 Å². The topological polar surface area (TPSA) is 44.0 Å². The maximum Gasteiger partial charge on any atom is 0.0931 e. The lowest BCUT2D eigenvalue weighted by molar-refractivity contribution is 0.298. The van der Waals surface area contributed by atoms with E-state index in [0.717, 1.165) is 37.2 Å². The Labute approximate surface area is 115 Å². The average Bonchev–Trinajstić information content (AvgIpc) is 2.90. The highest BCUT2D eigenvalue weighted by molar-refractivity contribution is 5.74. The molecule has 0 spiro atoms. The molecule has 0 saturated heterocycles. The van der Waals surface area contributed by atoms with Crippen LogP contribution in [0.5, 0.6) is 0 Å². The molecule has 0 aliphatic carbocycles. The summed E-state index contributed by atoms with van der Waals surface area (Å²) in [5, 5.41) is 3.50. The van der Waals surface area contributed by atoms with Crippen molar-refractivity contribution in [3.8, 4) is 0 Å². The van der Waals surface area contributed by atoms with Crippen LogP contribution in [-0.4, -0.2) is 41.0 Å². The van der Waals surface area contributed by atoms with E-state index in [0.29, 0.717) is 0 Å². The molecule has 2 N–H and O–H groups in total. The van der Waals surface area contributed by atoms with Crippen molar-refractivity contribution >= 4 is 11.0 Å². The second-order valence-electron chi connectivity index (χ2n) is 4.81. The van der Waals surface area contributed by atoms with Gasteiger partial charge in [-0.2, -0.15) is 0 Å². The second kappa shape index (κ2) is 7.26. The first-order valence-electron chi connectivity index (χ1n) is 7.18. The van der Waals surface area contributed by atoms with Gasteiger partial charge in [-0.05, 0) is 50.3 Å². The first kappa shape index (κ1) is 14.0. The Hall–Kier alpha value is -1.39. The van der Waals surface area contributed by atoms with Gasteiger partial charge in [-0.15, -0.1) is 0 Å². The van der Waals surface area contributed by atoms with E-state index in [1.807, 2.05) is 0 Å². The largest absolute Gasteiger partial charge is 0.345 e. The monoisotopic (exact) mass is 260 g/mol. The fraction of sp³-hybridized carbons (Fsp3) is 0.533. The van der Waals surface area contributed by atoms with Crippen LogP contribution in [0.3, 0.4) is 0 Å². The molecule has 4 heteroatoms. The smallest absolute Gasteiger partial charge is 0.0931 e. The lowest BCUT2D eigenvalue weighted by Gasteiger charge is -2.17. The predicted molar refractivity (Wildman–Crippen MR) is 80.2 cm³/mol. The highest BCUT2D eigenvalue weighted by Gasteiger charge is 2.00. The van der Waals surface area contributed by atoms with Crippen LogP contribution in [0.25, 0.3) is 11.0 Å².